The maximum Gasteiger partial charge on any atom is 0.350 e. The second kappa shape index (κ2) is 10.2. The van der Waals surface area contributed by atoms with E-state index in [9.17, 15) is 10.1 Å². The molecule has 3 aromatic heterocycles. The van der Waals surface area contributed by atoms with Gasteiger partial charge in [0.25, 0.3) is 5.88 Å². The van der Waals surface area contributed by atoms with Crippen molar-refractivity contribution in [2.24, 2.45) is 7.05 Å². The first kappa shape index (κ1) is 26.9. The molecular formula is C28H38N8O3. The molecular weight excluding hydrogens is 496 g/mol. The van der Waals surface area contributed by atoms with Crippen LogP contribution in [0.4, 0.5) is 5.82 Å². The van der Waals surface area contributed by atoms with Crippen LogP contribution in [0.1, 0.15) is 65.5 Å². The van der Waals surface area contributed by atoms with Crippen molar-refractivity contribution in [2.45, 2.75) is 84.7 Å². The zero-order chi connectivity index (χ0) is 28.1. The number of pyridine rings is 1. The lowest BCUT2D eigenvalue weighted by molar-refractivity contribution is 0.0152. The summed E-state index contributed by atoms with van der Waals surface area (Å²) in [7, 11) is 1.71. The monoisotopic (exact) mass is 534 g/mol. The molecule has 0 aliphatic carbocycles. The summed E-state index contributed by atoms with van der Waals surface area (Å²) in [5.41, 5.74) is 1.57. The van der Waals surface area contributed by atoms with Crippen LogP contribution < -0.4 is 20.1 Å². The molecule has 5 heterocycles. The van der Waals surface area contributed by atoms with Crippen LogP contribution in [0.5, 0.6) is 11.6 Å². The lowest BCUT2D eigenvalue weighted by Gasteiger charge is -2.48. The number of aromatic nitrogens is 5. The normalized spacial score (nSPS) is 21.6. The number of imidazole rings is 1. The summed E-state index contributed by atoms with van der Waals surface area (Å²) in [5, 5.41) is 9.36. The SMILES string of the molecule is CC[C@@H]1CN(c2nc(=O)n(C)c3c2nc(CC#N)n3CC)[C@@H](C)CN1C(C)c1ccc2c(n1)OC(C)(C)CO2. The van der Waals surface area contributed by atoms with Gasteiger partial charge in [0.2, 0.25) is 0 Å². The Morgan fingerprint density at radius 1 is 1.21 bits per heavy atom. The molecule has 2 aliphatic heterocycles. The number of fused-ring (bicyclic) bond motifs is 2. The Morgan fingerprint density at radius 2 is 1.97 bits per heavy atom. The molecule has 0 aromatic carbocycles. The number of ether oxygens (including phenoxy) is 2. The Balaban J connectivity index is 1.48. The number of piperazine rings is 1. The van der Waals surface area contributed by atoms with Crippen LogP contribution in [-0.2, 0) is 20.0 Å². The average molecular weight is 535 g/mol. The van der Waals surface area contributed by atoms with Gasteiger partial charge >= 0.3 is 5.69 Å². The van der Waals surface area contributed by atoms with E-state index in [1.165, 1.54) is 4.57 Å². The highest BCUT2D eigenvalue weighted by Gasteiger charge is 2.37. The predicted molar refractivity (Wildman–Crippen MR) is 148 cm³/mol. The van der Waals surface area contributed by atoms with Gasteiger partial charge in [-0.05, 0) is 53.2 Å². The quantitative estimate of drug-likeness (QED) is 0.470. The largest absolute Gasteiger partial charge is 0.484 e. The van der Waals surface area contributed by atoms with Gasteiger partial charge in [-0.3, -0.25) is 9.47 Å². The average Bonchev–Trinajstić information content (AvgIpc) is 3.28. The van der Waals surface area contributed by atoms with E-state index in [1.807, 2.05) is 37.5 Å². The van der Waals surface area contributed by atoms with Crippen LogP contribution in [0.2, 0.25) is 0 Å². The minimum absolute atomic E-state index is 0.0524. The number of aryl methyl sites for hydroxylation is 2. The van der Waals surface area contributed by atoms with Crippen LogP contribution in [0.3, 0.4) is 0 Å². The first-order chi connectivity index (χ1) is 18.6. The van der Waals surface area contributed by atoms with Crippen molar-refractivity contribution in [3.05, 3.63) is 34.1 Å². The van der Waals surface area contributed by atoms with Gasteiger partial charge in [0.05, 0.1) is 18.2 Å². The molecule has 0 spiro atoms. The molecule has 3 atom stereocenters. The molecule has 2 aliphatic rings. The van der Waals surface area contributed by atoms with E-state index in [4.69, 9.17) is 19.4 Å². The fourth-order valence-electron chi connectivity index (χ4n) is 5.79. The van der Waals surface area contributed by atoms with E-state index in [0.29, 0.717) is 54.1 Å². The summed E-state index contributed by atoms with van der Waals surface area (Å²) in [6, 6.07) is 6.50. The van der Waals surface area contributed by atoms with E-state index in [1.54, 1.807) is 7.05 Å². The van der Waals surface area contributed by atoms with Gasteiger partial charge in [-0.15, -0.1) is 0 Å². The maximum atomic E-state index is 13.0. The number of hydrogen-bond donors (Lipinski definition) is 0. The van der Waals surface area contributed by atoms with Crippen molar-refractivity contribution in [3.63, 3.8) is 0 Å². The summed E-state index contributed by atoms with van der Waals surface area (Å²) in [6.45, 7) is 15.1. The Hall–Kier alpha value is -3.65. The van der Waals surface area contributed by atoms with Crippen molar-refractivity contribution >= 4 is 17.0 Å². The molecule has 1 fully saturated rings. The topological polar surface area (TPSA) is 114 Å². The Labute approximate surface area is 229 Å². The number of nitriles is 1. The Kier molecular flexibility index (Phi) is 7.01. The fraction of sp³-hybridized carbons (Fsp3) is 0.607. The number of hydrogen-bond acceptors (Lipinski definition) is 9. The van der Waals surface area contributed by atoms with E-state index in [-0.39, 0.29) is 30.2 Å². The van der Waals surface area contributed by atoms with Crippen molar-refractivity contribution in [2.75, 3.05) is 24.6 Å². The van der Waals surface area contributed by atoms with Gasteiger partial charge in [-0.2, -0.15) is 10.2 Å². The molecule has 0 saturated carbocycles. The molecule has 5 rings (SSSR count). The summed E-state index contributed by atoms with van der Waals surface area (Å²) in [6.07, 6.45) is 1.09. The highest BCUT2D eigenvalue weighted by molar-refractivity contribution is 5.84. The summed E-state index contributed by atoms with van der Waals surface area (Å²) in [4.78, 5) is 31.9. The van der Waals surface area contributed by atoms with Crippen LogP contribution in [0.25, 0.3) is 11.2 Å². The molecule has 11 heteroatoms. The number of anilines is 1. The molecule has 1 saturated heterocycles. The Morgan fingerprint density at radius 3 is 2.67 bits per heavy atom. The number of nitrogens with zero attached hydrogens (tertiary/aromatic N) is 8. The number of rotatable bonds is 6. The smallest absolute Gasteiger partial charge is 0.350 e. The minimum Gasteiger partial charge on any atom is -0.484 e. The first-order valence-corrected chi connectivity index (χ1v) is 13.8. The van der Waals surface area contributed by atoms with E-state index in [0.717, 1.165) is 18.7 Å². The Bertz CT molecular complexity index is 1490. The summed E-state index contributed by atoms with van der Waals surface area (Å²) < 4.78 is 15.5. The lowest BCUT2D eigenvalue weighted by atomic mass is 10.0. The van der Waals surface area contributed by atoms with Gasteiger partial charge in [0.1, 0.15) is 29.2 Å². The molecule has 0 amide bonds. The molecule has 0 radical (unpaired) electrons. The third kappa shape index (κ3) is 4.71. The van der Waals surface area contributed by atoms with Gasteiger partial charge < -0.3 is 18.9 Å². The van der Waals surface area contributed by atoms with Gasteiger partial charge in [-0.25, -0.2) is 14.8 Å². The van der Waals surface area contributed by atoms with Gasteiger partial charge in [-0.1, -0.05) is 6.92 Å². The van der Waals surface area contributed by atoms with Gasteiger partial charge in [0.15, 0.2) is 11.6 Å². The van der Waals surface area contributed by atoms with Crippen molar-refractivity contribution in [1.82, 2.24) is 29.0 Å². The molecule has 11 nitrogen and oxygen atoms in total. The van der Waals surface area contributed by atoms with Crippen molar-refractivity contribution in [3.8, 4) is 17.7 Å². The zero-order valence-electron chi connectivity index (χ0n) is 23.9. The van der Waals surface area contributed by atoms with Crippen LogP contribution in [0.15, 0.2) is 16.9 Å². The molecule has 0 bridgehead atoms. The van der Waals surface area contributed by atoms with Crippen molar-refractivity contribution in [1.29, 1.82) is 5.26 Å². The predicted octanol–water partition coefficient (Wildman–Crippen LogP) is 3.21. The van der Waals surface area contributed by atoms with Crippen LogP contribution in [0, 0.1) is 11.3 Å². The maximum absolute atomic E-state index is 13.0. The highest BCUT2D eigenvalue weighted by atomic mass is 16.6. The highest BCUT2D eigenvalue weighted by Crippen LogP contribution is 2.37. The summed E-state index contributed by atoms with van der Waals surface area (Å²) >= 11 is 0. The van der Waals surface area contributed by atoms with E-state index < -0.39 is 5.60 Å². The lowest BCUT2D eigenvalue weighted by Crippen LogP contribution is -2.58. The molecule has 1 unspecified atom stereocenters. The standard InChI is InChI=1S/C28H38N8O3/c1-8-19-15-35(24-23-26(33(7)27(37)32-24)34(9-2)22(31-23)12-13-29)17(3)14-36(19)18(4)20-10-11-21-25(30-20)39-28(5,6)16-38-21/h10-11,17-19H,8-9,12,14-16H2,1-7H3/t17-,18?,19+/m0/s1. The first-order valence-electron chi connectivity index (χ1n) is 13.8. The molecule has 0 N–H and O–H groups in total. The summed E-state index contributed by atoms with van der Waals surface area (Å²) in [5.74, 6) is 2.47. The fourth-order valence-corrected chi connectivity index (χ4v) is 5.79. The van der Waals surface area contributed by atoms with Gasteiger partial charge in [0, 0.05) is 44.8 Å². The molecule has 208 valence electrons. The minimum atomic E-state index is -0.420. The second-order valence-electron chi connectivity index (χ2n) is 11.2. The van der Waals surface area contributed by atoms with E-state index in [2.05, 4.69) is 41.6 Å². The second-order valence-corrected chi connectivity index (χ2v) is 11.2. The molecule has 39 heavy (non-hydrogen) atoms. The van der Waals surface area contributed by atoms with E-state index >= 15 is 0 Å². The third-order valence-electron chi connectivity index (χ3n) is 7.94. The zero-order valence-corrected chi connectivity index (χ0v) is 23.9. The van der Waals surface area contributed by atoms with Crippen LogP contribution >= 0.6 is 0 Å². The molecule has 3 aromatic rings. The third-order valence-corrected chi connectivity index (χ3v) is 7.94. The van der Waals surface area contributed by atoms with Crippen molar-refractivity contribution < 1.29 is 9.47 Å². The van der Waals surface area contributed by atoms with Crippen LogP contribution in [-0.4, -0.2) is 66.4 Å².